The zero-order chi connectivity index (χ0) is 11.4. The van der Waals surface area contributed by atoms with Crippen molar-refractivity contribution in [2.24, 2.45) is 0 Å². The van der Waals surface area contributed by atoms with E-state index in [1.807, 2.05) is 6.08 Å². The number of rotatable bonds is 3. The molecule has 2 rings (SSSR count). The van der Waals surface area contributed by atoms with Gasteiger partial charge in [-0.3, -0.25) is 0 Å². The number of hydrogen-bond acceptors (Lipinski definition) is 1. The van der Waals surface area contributed by atoms with Crippen LogP contribution in [-0.2, 0) is 10.8 Å². The van der Waals surface area contributed by atoms with E-state index in [0.717, 1.165) is 39.0 Å². The average Bonchev–Trinajstić information content (AvgIpc) is 2.38. The Hall–Kier alpha value is -0.212. The summed E-state index contributed by atoms with van der Waals surface area (Å²) >= 11 is 0. The lowest BCUT2D eigenvalue weighted by Gasteiger charge is -2.22. The first-order chi connectivity index (χ1) is 7.86. The lowest BCUT2D eigenvalue weighted by molar-refractivity contribution is 0.419. The van der Waals surface area contributed by atoms with E-state index in [2.05, 4.69) is 31.7 Å². The topological polar surface area (TPSA) is 9.23 Å². The highest BCUT2D eigenvalue weighted by Crippen LogP contribution is 2.10. The molecule has 1 fully saturated rings. The Morgan fingerprint density at radius 1 is 1.56 bits per heavy atom. The quantitative estimate of drug-likeness (QED) is 0.730. The normalized spacial score (nSPS) is 17.3. The SMILES string of the molecule is C=Cc1cccc([Si]2CO[Si][Si][Si]2)c1CC. The molecule has 1 aromatic rings. The van der Waals surface area contributed by atoms with Gasteiger partial charge in [-0.25, -0.2) is 0 Å². The molecule has 0 atom stereocenters. The van der Waals surface area contributed by atoms with E-state index in [4.69, 9.17) is 4.43 Å². The van der Waals surface area contributed by atoms with Gasteiger partial charge in [0.25, 0.3) is 0 Å². The molecule has 0 unspecified atom stereocenters. The van der Waals surface area contributed by atoms with E-state index in [-0.39, 0.29) is 0 Å². The molecular formula is C11H13OSi4. The highest BCUT2D eigenvalue weighted by atomic mass is 29.7. The number of benzene rings is 1. The van der Waals surface area contributed by atoms with Gasteiger partial charge in [0.1, 0.15) is 0 Å². The summed E-state index contributed by atoms with van der Waals surface area (Å²) in [6.45, 7) is 6.15. The van der Waals surface area contributed by atoms with Crippen LogP contribution in [0.5, 0.6) is 0 Å². The largest absolute Gasteiger partial charge is 0.426 e. The average molecular weight is 274 g/mol. The summed E-state index contributed by atoms with van der Waals surface area (Å²) in [5.41, 5.74) is 2.83. The van der Waals surface area contributed by atoms with E-state index in [1.54, 1.807) is 5.19 Å². The first-order valence-electron chi connectivity index (χ1n) is 5.35. The van der Waals surface area contributed by atoms with Crippen LogP contribution >= 0.6 is 0 Å². The minimum absolute atomic E-state index is 0.422. The minimum atomic E-state index is -0.422. The smallest absolute Gasteiger partial charge is 0.201 e. The lowest BCUT2D eigenvalue weighted by Crippen LogP contribution is -2.51. The Kier molecular flexibility index (Phi) is 4.53. The molecule has 0 N–H and O–H groups in total. The van der Waals surface area contributed by atoms with Crippen molar-refractivity contribution in [2.75, 3.05) is 6.23 Å². The molecule has 0 aromatic heterocycles. The molecular weight excluding hydrogens is 260 g/mol. The summed E-state index contributed by atoms with van der Waals surface area (Å²) in [7, 11) is 2.56. The van der Waals surface area contributed by atoms with Crippen LogP contribution in [0.15, 0.2) is 24.8 Å². The molecule has 1 aliphatic rings. The minimum Gasteiger partial charge on any atom is -0.426 e. The van der Waals surface area contributed by atoms with Crippen molar-refractivity contribution in [1.82, 2.24) is 0 Å². The van der Waals surface area contributed by atoms with E-state index in [0.29, 0.717) is 0 Å². The maximum absolute atomic E-state index is 5.68. The molecule has 1 saturated heterocycles. The Labute approximate surface area is 106 Å². The van der Waals surface area contributed by atoms with Crippen LogP contribution in [-0.4, -0.2) is 40.9 Å². The monoisotopic (exact) mass is 273 g/mol. The third-order valence-electron chi connectivity index (χ3n) is 2.66. The van der Waals surface area contributed by atoms with Gasteiger partial charge in [-0.15, -0.1) is 0 Å². The summed E-state index contributed by atoms with van der Waals surface area (Å²) < 4.78 is 5.68. The summed E-state index contributed by atoms with van der Waals surface area (Å²) in [6.07, 6.45) is 4.12. The van der Waals surface area contributed by atoms with Gasteiger partial charge < -0.3 is 4.43 Å². The summed E-state index contributed by atoms with van der Waals surface area (Å²) in [5.74, 6) is 0. The summed E-state index contributed by atoms with van der Waals surface area (Å²) in [6, 6.07) is 6.66. The van der Waals surface area contributed by atoms with Gasteiger partial charge in [-0.05, 0) is 17.5 Å². The summed E-state index contributed by atoms with van der Waals surface area (Å²) in [5, 5.41) is 1.60. The van der Waals surface area contributed by atoms with Crippen molar-refractivity contribution in [3.63, 3.8) is 0 Å². The van der Waals surface area contributed by atoms with Crippen molar-refractivity contribution >= 4 is 46.0 Å². The Balaban J connectivity index is 2.34. The van der Waals surface area contributed by atoms with Crippen LogP contribution in [0.25, 0.3) is 6.08 Å². The molecule has 0 amide bonds. The van der Waals surface area contributed by atoms with Gasteiger partial charge in [0.2, 0.25) is 9.28 Å². The molecule has 5 heteroatoms. The molecule has 1 aromatic carbocycles. The van der Waals surface area contributed by atoms with Gasteiger partial charge in [0.05, 0.1) is 8.31 Å². The molecule has 1 nitrogen and oxygen atoms in total. The van der Waals surface area contributed by atoms with E-state index < -0.39 is 8.31 Å². The van der Waals surface area contributed by atoms with Crippen LogP contribution in [0.4, 0.5) is 0 Å². The summed E-state index contributed by atoms with van der Waals surface area (Å²) in [4.78, 5) is 0. The fourth-order valence-electron chi connectivity index (χ4n) is 1.90. The third-order valence-corrected chi connectivity index (χ3v) is 16.7. The third kappa shape index (κ3) is 2.54. The Morgan fingerprint density at radius 3 is 3.06 bits per heavy atom. The second kappa shape index (κ2) is 5.92. The second-order valence-corrected chi connectivity index (χ2v) is 14.8. The van der Waals surface area contributed by atoms with E-state index in [9.17, 15) is 0 Å². The maximum atomic E-state index is 5.68. The molecule has 0 saturated carbocycles. The molecule has 16 heavy (non-hydrogen) atoms. The Bertz CT molecular complexity index is 374. The van der Waals surface area contributed by atoms with Crippen LogP contribution in [0.3, 0.4) is 0 Å². The molecule has 1 heterocycles. The van der Waals surface area contributed by atoms with Crippen molar-refractivity contribution in [1.29, 1.82) is 0 Å². The van der Waals surface area contributed by atoms with Crippen LogP contribution in [0, 0.1) is 0 Å². The molecule has 79 valence electrons. The zero-order valence-corrected chi connectivity index (χ0v) is 13.3. The van der Waals surface area contributed by atoms with Crippen molar-refractivity contribution in [3.05, 3.63) is 35.9 Å². The van der Waals surface area contributed by atoms with Gasteiger partial charge in [-0.1, -0.05) is 43.0 Å². The molecule has 0 aliphatic carbocycles. The lowest BCUT2D eigenvalue weighted by atomic mass is 10.1. The van der Waals surface area contributed by atoms with Gasteiger partial charge in [0.15, 0.2) is 0 Å². The van der Waals surface area contributed by atoms with Crippen molar-refractivity contribution in [3.8, 4) is 0 Å². The molecule has 7 radical (unpaired) electrons. The molecule has 0 bridgehead atoms. The van der Waals surface area contributed by atoms with E-state index in [1.165, 1.54) is 11.1 Å². The molecule has 1 aliphatic heterocycles. The fourth-order valence-corrected chi connectivity index (χ4v) is 17.6. The van der Waals surface area contributed by atoms with Gasteiger partial charge >= 0.3 is 0 Å². The number of hydrogen-bond donors (Lipinski definition) is 0. The predicted octanol–water partition coefficient (Wildman–Crippen LogP) is 0.517. The van der Waals surface area contributed by atoms with Crippen molar-refractivity contribution < 1.29 is 4.43 Å². The first kappa shape index (κ1) is 12.2. The van der Waals surface area contributed by atoms with Crippen LogP contribution < -0.4 is 5.19 Å². The highest BCUT2D eigenvalue weighted by molar-refractivity contribution is 7.51. The molecule has 0 spiro atoms. The first-order valence-corrected chi connectivity index (χ1v) is 13.0. The predicted molar refractivity (Wildman–Crippen MR) is 74.5 cm³/mol. The van der Waals surface area contributed by atoms with Crippen LogP contribution in [0.1, 0.15) is 18.1 Å². The van der Waals surface area contributed by atoms with Crippen LogP contribution in [0.2, 0.25) is 0 Å². The van der Waals surface area contributed by atoms with Gasteiger partial charge in [0, 0.05) is 23.3 Å². The van der Waals surface area contributed by atoms with E-state index >= 15 is 0 Å². The highest BCUT2D eigenvalue weighted by Gasteiger charge is 2.22. The second-order valence-electron chi connectivity index (χ2n) is 3.55. The van der Waals surface area contributed by atoms with Crippen molar-refractivity contribution in [2.45, 2.75) is 13.3 Å². The Morgan fingerprint density at radius 2 is 2.44 bits per heavy atom. The maximum Gasteiger partial charge on any atom is 0.201 e. The zero-order valence-electron chi connectivity index (χ0n) is 9.34. The fraction of sp³-hybridized carbons (Fsp3) is 0.273. The van der Waals surface area contributed by atoms with Gasteiger partial charge in [-0.2, -0.15) is 0 Å². The standard InChI is InChI=1S/C11H13OSi4/c1-3-9-6-5-7-11(10(9)4-2)16-8-12-13-14-15-16/h3,5-7H,1,4,8H2,2H3.